The van der Waals surface area contributed by atoms with Crippen LogP contribution in [0.1, 0.15) is 19.8 Å². The van der Waals surface area contributed by atoms with Gasteiger partial charge < -0.3 is 10.0 Å². The minimum atomic E-state index is -0.714. The average Bonchev–Trinajstić information content (AvgIpc) is 2.31. The second kappa shape index (κ2) is 5.98. The Hall–Kier alpha value is -0.610. The summed E-state index contributed by atoms with van der Waals surface area (Å²) in [6.07, 6.45) is 2.27. The van der Waals surface area contributed by atoms with Crippen molar-refractivity contribution in [2.75, 3.05) is 39.3 Å². The molecule has 82 valence electrons. The third-order valence-electron chi connectivity index (χ3n) is 2.58. The van der Waals surface area contributed by atoms with Crippen LogP contribution >= 0.6 is 0 Å². The number of rotatable bonds is 4. The summed E-state index contributed by atoms with van der Waals surface area (Å²) in [7, 11) is 0. The fourth-order valence-electron chi connectivity index (χ4n) is 1.91. The number of hydrogen-bond acceptors (Lipinski definition) is 3. The number of nitrogens with zero attached hydrogens (tertiary/aromatic N) is 2. The lowest BCUT2D eigenvalue weighted by Crippen LogP contribution is -2.34. The van der Waals surface area contributed by atoms with Crippen molar-refractivity contribution >= 4 is 5.97 Å². The second-order valence-corrected chi connectivity index (χ2v) is 3.87. The highest BCUT2D eigenvalue weighted by Gasteiger charge is 2.15. The zero-order valence-electron chi connectivity index (χ0n) is 8.91. The Kier molecular flexibility index (Phi) is 4.90. The van der Waals surface area contributed by atoms with Crippen LogP contribution in [0.25, 0.3) is 0 Å². The monoisotopic (exact) mass is 200 g/mol. The van der Waals surface area contributed by atoms with E-state index in [4.69, 9.17) is 5.11 Å². The zero-order valence-corrected chi connectivity index (χ0v) is 8.91. The van der Waals surface area contributed by atoms with Crippen molar-refractivity contribution in [2.24, 2.45) is 0 Å². The lowest BCUT2D eigenvalue weighted by molar-refractivity contribution is -0.138. The highest BCUT2D eigenvalue weighted by molar-refractivity contribution is 5.69. The van der Waals surface area contributed by atoms with Crippen LogP contribution < -0.4 is 0 Å². The standard InChI is InChI=1S/C10H20N2O2/c1-2-4-11-5-3-6-12(8-7-11)9-10(13)14/h2-9H2,1H3,(H,13,14). The van der Waals surface area contributed by atoms with Crippen LogP contribution in [-0.2, 0) is 4.79 Å². The summed E-state index contributed by atoms with van der Waals surface area (Å²) in [4.78, 5) is 15.0. The largest absolute Gasteiger partial charge is 0.480 e. The number of carboxylic acid groups (broad SMARTS) is 1. The first kappa shape index (κ1) is 11.5. The van der Waals surface area contributed by atoms with Gasteiger partial charge in [-0.25, -0.2) is 0 Å². The maximum atomic E-state index is 10.5. The maximum Gasteiger partial charge on any atom is 0.317 e. The van der Waals surface area contributed by atoms with Gasteiger partial charge >= 0.3 is 5.97 Å². The van der Waals surface area contributed by atoms with Gasteiger partial charge in [-0.1, -0.05) is 6.92 Å². The fourth-order valence-corrected chi connectivity index (χ4v) is 1.91. The van der Waals surface area contributed by atoms with Gasteiger partial charge in [0.15, 0.2) is 0 Å². The Balaban J connectivity index is 2.29. The van der Waals surface area contributed by atoms with Gasteiger partial charge in [0.1, 0.15) is 0 Å². The van der Waals surface area contributed by atoms with Gasteiger partial charge in [-0.05, 0) is 25.9 Å². The van der Waals surface area contributed by atoms with Crippen LogP contribution in [0.2, 0.25) is 0 Å². The summed E-state index contributed by atoms with van der Waals surface area (Å²) in [6.45, 7) is 7.46. The van der Waals surface area contributed by atoms with Crippen molar-refractivity contribution < 1.29 is 9.90 Å². The van der Waals surface area contributed by atoms with Crippen molar-refractivity contribution in [3.63, 3.8) is 0 Å². The molecule has 0 atom stereocenters. The molecule has 1 N–H and O–H groups in total. The number of hydrogen-bond donors (Lipinski definition) is 1. The topological polar surface area (TPSA) is 43.8 Å². The van der Waals surface area contributed by atoms with E-state index in [-0.39, 0.29) is 6.54 Å². The zero-order chi connectivity index (χ0) is 10.4. The Morgan fingerprint density at radius 3 is 2.50 bits per heavy atom. The molecular weight excluding hydrogens is 180 g/mol. The Bertz CT molecular complexity index is 185. The van der Waals surface area contributed by atoms with Gasteiger partial charge in [0, 0.05) is 19.6 Å². The molecule has 4 heteroatoms. The van der Waals surface area contributed by atoms with E-state index in [1.165, 1.54) is 6.42 Å². The minimum absolute atomic E-state index is 0.194. The van der Waals surface area contributed by atoms with Crippen molar-refractivity contribution in [2.45, 2.75) is 19.8 Å². The molecule has 14 heavy (non-hydrogen) atoms. The number of aliphatic carboxylic acids is 1. The van der Waals surface area contributed by atoms with E-state index >= 15 is 0 Å². The van der Waals surface area contributed by atoms with Crippen molar-refractivity contribution in [3.05, 3.63) is 0 Å². The predicted molar refractivity (Wildman–Crippen MR) is 55.4 cm³/mol. The molecule has 4 nitrogen and oxygen atoms in total. The molecule has 0 saturated carbocycles. The van der Waals surface area contributed by atoms with Crippen LogP contribution in [0.5, 0.6) is 0 Å². The highest BCUT2D eigenvalue weighted by atomic mass is 16.4. The lowest BCUT2D eigenvalue weighted by atomic mass is 10.3. The quantitative estimate of drug-likeness (QED) is 0.717. The summed E-state index contributed by atoms with van der Waals surface area (Å²) in [5, 5.41) is 8.67. The fraction of sp³-hybridized carbons (Fsp3) is 0.900. The number of carboxylic acids is 1. The van der Waals surface area contributed by atoms with Crippen LogP contribution in [-0.4, -0.2) is 60.1 Å². The lowest BCUT2D eigenvalue weighted by Gasteiger charge is -2.19. The molecule has 0 aliphatic carbocycles. The van der Waals surface area contributed by atoms with Crippen LogP contribution in [0.3, 0.4) is 0 Å². The molecule has 0 aromatic carbocycles. The van der Waals surface area contributed by atoms with Gasteiger partial charge in [-0.15, -0.1) is 0 Å². The molecule has 1 aliphatic heterocycles. The molecule has 0 bridgehead atoms. The molecule has 0 radical (unpaired) electrons. The summed E-state index contributed by atoms with van der Waals surface area (Å²) < 4.78 is 0. The van der Waals surface area contributed by atoms with E-state index < -0.39 is 5.97 Å². The molecular formula is C10H20N2O2. The molecule has 1 rings (SSSR count). The van der Waals surface area contributed by atoms with Crippen LogP contribution in [0, 0.1) is 0 Å². The Morgan fingerprint density at radius 1 is 1.21 bits per heavy atom. The van der Waals surface area contributed by atoms with Gasteiger partial charge in [0.05, 0.1) is 6.54 Å². The molecule has 0 spiro atoms. The van der Waals surface area contributed by atoms with Gasteiger partial charge in [-0.2, -0.15) is 0 Å². The van der Waals surface area contributed by atoms with Crippen LogP contribution in [0.4, 0.5) is 0 Å². The molecule has 1 aliphatic rings. The summed E-state index contributed by atoms with van der Waals surface area (Å²) >= 11 is 0. The highest BCUT2D eigenvalue weighted by Crippen LogP contribution is 2.03. The van der Waals surface area contributed by atoms with E-state index in [2.05, 4.69) is 11.8 Å². The van der Waals surface area contributed by atoms with E-state index in [0.717, 1.165) is 39.1 Å². The van der Waals surface area contributed by atoms with Crippen molar-refractivity contribution in [1.82, 2.24) is 9.80 Å². The first-order valence-corrected chi connectivity index (χ1v) is 5.39. The Morgan fingerprint density at radius 2 is 1.86 bits per heavy atom. The maximum absolute atomic E-state index is 10.5. The third-order valence-corrected chi connectivity index (χ3v) is 2.58. The van der Waals surface area contributed by atoms with Gasteiger partial charge in [0.2, 0.25) is 0 Å². The summed E-state index contributed by atoms with van der Waals surface area (Å²) in [5.74, 6) is -0.714. The summed E-state index contributed by atoms with van der Waals surface area (Å²) in [5.41, 5.74) is 0. The average molecular weight is 200 g/mol. The van der Waals surface area contributed by atoms with Gasteiger partial charge in [0.25, 0.3) is 0 Å². The molecule has 1 saturated heterocycles. The first-order chi connectivity index (χ1) is 6.72. The smallest absolute Gasteiger partial charge is 0.317 e. The summed E-state index contributed by atoms with van der Waals surface area (Å²) in [6, 6.07) is 0. The minimum Gasteiger partial charge on any atom is -0.480 e. The SMILES string of the molecule is CCCN1CCCN(CC(=O)O)CC1. The molecule has 0 unspecified atom stereocenters. The van der Waals surface area contributed by atoms with Crippen molar-refractivity contribution in [3.8, 4) is 0 Å². The molecule has 1 heterocycles. The van der Waals surface area contributed by atoms with Crippen LogP contribution in [0.15, 0.2) is 0 Å². The third kappa shape index (κ3) is 4.07. The van der Waals surface area contributed by atoms with E-state index in [1.54, 1.807) is 0 Å². The molecule has 0 aromatic rings. The second-order valence-electron chi connectivity index (χ2n) is 3.87. The van der Waals surface area contributed by atoms with Gasteiger partial charge in [-0.3, -0.25) is 9.69 Å². The molecule has 0 aromatic heterocycles. The Labute approximate surface area is 85.5 Å². The van der Waals surface area contributed by atoms with E-state index in [9.17, 15) is 4.79 Å². The molecule has 0 amide bonds. The molecule has 1 fully saturated rings. The van der Waals surface area contributed by atoms with E-state index in [0.29, 0.717) is 0 Å². The normalized spacial score (nSPS) is 20.6. The van der Waals surface area contributed by atoms with E-state index in [1.807, 2.05) is 4.90 Å². The predicted octanol–water partition coefficient (Wildman–Crippen LogP) is 0.489. The number of carbonyl (C=O) groups is 1. The van der Waals surface area contributed by atoms with Crippen molar-refractivity contribution in [1.29, 1.82) is 0 Å². The first-order valence-electron chi connectivity index (χ1n) is 5.39.